The first-order valence-electron chi connectivity index (χ1n) is 13.0. The fourth-order valence-corrected chi connectivity index (χ4v) is 4.71. The molecule has 0 saturated carbocycles. The first kappa shape index (κ1) is 21.2. The van der Waals surface area contributed by atoms with Crippen LogP contribution in [0.1, 0.15) is 23.3 Å². The van der Waals surface area contributed by atoms with E-state index in [0.29, 0.717) is 23.4 Å². The van der Waals surface area contributed by atoms with Gasteiger partial charge in [-0.3, -0.25) is 4.79 Å². The number of nitrogens with zero attached hydrogens (tertiary/aromatic N) is 6. The van der Waals surface area contributed by atoms with E-state index in [-0.39, 0.29) is 41.5 Å². The average Bonchev–Trinajstić information content (AvgIpc) is 3.34. The van der Waals surface area contributed by atoms with E-state index in [4.69, 9.17) is 8.85 Å². The summed E-state index contributed by atoms with van der Waals surface area (Å²) < 4.78 is 86.9. The van der Waals surface area contributed by atoms with E-state index in [9.17, 15) is 18.0 Å². The summed E-state index contributed by atoms with van der Waals surface area (Å²) in [6, 6.07) is 3.73. The molecule has 13 heteroatoms. The van der Waals surface area contributed by atoms with E-state index in [1.54, 1.807) is 13.0 Å². The van der Waals surface area contributed by atoms with Crippen LogP contribution in [0.25, 0.3) is 27.7 Å². The maximum absolute atomic E-state index is 15.4. The van der Waals surface area contributed by atoms with Gasteiger partial charge in [0.05, 0.1) is 53.1 Å². The van der Waals surface area contributed by atoms with Gasteiger partial charge in [-0.25, -0.2) is 27.1 Å². The molecule has 196 valence electrons. The van der Waals surface area contributed by atoms with Crippen LogP contribution in [0.3, 0.4) is 0 Å². The lowest BCUT2D eigenvalue weighted by Crippen LogP contribution is -2.49. The number of fused-ring (bicyclic) bond motifs is 2. The normalized spacial score (nSPS) is 19.8. The summed E-state index contributed by atoms with van der Waals surface area (Å²) in [5.41, 5.74) is 0.733. The Kier molecular flexibility index (Phi) is 5.46. The second-order valence-corrected chi connectivity index (χ2v) is 8.87. The summed E-state index contributed by atoms with van der Waals surface area (Å²) in [5.74, 6) is -1.42. The monoisotopic (exact) mass is 522 g/mol. The van der Waals surface area contributed by atoms with E-state index < -0.39 is 43.9 Å². The highest BCUT2D eigenvalue weighted by Crippen LogP contribution is 2.36. The van der Waals surface area contributed by atoms with Gasteiger partial charge in [0.2, 0.25) is 17.7 Å². The number of nitrogens with one attached hydrogen (secondary N) is 1. The number of halogens is 4. The molecule has 2 atom stereocenters. The van der Waals surface area contributed by atoms with Gasteiger partial charge in [0.15, 0.2) is 5.82 Å². The second kappa shape index (κ2) is 9.52. The molecule has 37 heavy (non-hydrogen) atoms. The number of ether oxygens (including phenoxy) is 1. The van der Waals surface area contributed by atoms with Crippen molar-refractivity contribution < 1.29 is 31.2 Å². The molecule has 3 aromatic heterocycles. The van der Waals surface area contributed by atoms with Gasteiger partial charge in [-0.05, 0) is 31.0 Å². The van der Waals surface area contributed by atoms with Crippen LogP contribution >= 0.6 is 0 Å². The number of aryl methyl sites for hydroxylation is 1. The first-order chi connectivity index (χ1) is 18.8. The molecule has 0 unspecified atom stereocenters. The molecule has 1 N–H and O–H groups in total. The van der Waals surface area contributed by atoms with Gasteiger partial charge in [0.25, 0.3) is 6.43 Å². The van der Waals surface area contributed by atoms with E-state index in [0.717, 1.165) is 10.7 Å². The molecule has 1 amide bonds. The maximum atomic E-state index is 15.4. The molecule has 4 aromatic rings. The number of benzene rings is 1. The number of imidazole rings is 1. The van der Waals surface area contributed by atoms with Gasteiger partial charge < -0.3 is 19.5 Å². The molecule has 1 aliphatic heterocycles. The van der Waals surface area contributed by atoms with Crippen LogP contribution in [0.5, 0.6) is 5.88 Å². The van der Waals surface area contributed by atoms with Crippen LogP contribution in [0, 0.1) is 12.7 Å². The minimum absolute atomic E-state index is 0.117. The summed E-state index contributed by atoms with van der Waals surface area (Å²) in [5, 5.41) is 7.01. The van der Waals surface area contributed by atoms with Crippen molar-refractivity contribution in [3.05, 3.63) is 36.0 Å². The number of carbonyl (C=O) groups is 1. The van der Waals surface area contributed by atoms with Crippen LogP contribution in [-0.4, -0.2) is 73.7 Å². The van der Waals surface area contributed by atoms with Gasteiger partial charge >= 0.3 is 0 Å². The number of hydrogen-bond acceptors (Lipinski definition) is 6. The molecular weight excluding hydrogens is 494 g/mol. The zero-order chi connectivity index (χ0) is 28.9. The SMILES string of the molecule is [2H]C([2H])([2H])Oc1nc(N[C@H]2CCN(C(C)=O)C[C@H]2F)nn2cc(F)c(-c3ccc4nc(C)n(CC(F)F)c4c3)c12. The Morgan fingerprint density at radius 1 is 1.35 bits per heavy atom. The first-order valence-corrected chi connectivity index (χ1v) is 11.5. The molecule has 1 aliphatic rings. The number of hydrogen-bond donors (Lipinski definition) is 1. The fourth-order valence-electron chi connectivity index (χ4n) is 4.71. The predicted molar refractivity (Wildman–Crippen MR) is 128 cm³/mol. The predicted octanol–water partition coefficient (Wildman–Crippen LogP) is 3.84. The Morgan fingerprint density at radius 3 is 2.86 bits per heavy atom. The number of anilines is 1. The van der Waals surface area contributed by atoms with Crippen molar-refractivity contribution in [2.45, 2.75) is 45.5 Å². The molecule has 9 nitrogen and oxygen atoms in total. The van der Waals surface area contributed by atoms with Gasteiger partial charge in [-0.15, -0.1) is 5.10 Å². The Hall–Kier alpha value is -3.90. The van der Waals surface area contributed by atoms with Crippen LogP contribution < -0.4 is 10.1 Å². The quantitative estimate of drug-likeness (QED) is 0.387. The molecule has 1 fully saturated rings. The number of rotatable bonds is 6. The second-order valence-electron chi connectivity index (χ2n) is 8.87. The molecule has 1 aromatic carbocycles. The van der Waals surface area contributed by atoms with E-state index >= 15 is 4.39 Å². The van der Waals surface area contributed by atoms with Crippen molar-refractivity contribution in [3.8, 4) is 17.0 Å². The van der Waals surface area contributed by atoms with Gasteiger partial charge in [0.1, 0.15) is 17.5 Å². The van der Waals surface area contributed by atoms with Crippen molar-refractivity contribution in [3.63, 3.8) is 0 Å². The van der Waals surface area contributed by atoms with Crippen LogP contribution in [-0.2, 0) is 11.3 Å². The minimum atomic E-state index is -2.98. The Bertz CT molecular complexity index is 1590. The fraction of sp³-hybridized carbons (Fsp3) is 0.417. The number of carbonyl (C=O) groups excluding carboxylic acids is 1. The highest BCUT2D eigenvalue weighted by atomic mass is 19.3. The largest absolute Gasteiger partial charge is 0.479 e. The van der Waals surface area contributed by atoms with Crippen molar-refractivity contribution in [1.29, 1.82) is 0 Å². The number of methoxy groups -OCH3 is 1. The maximum Gasteiger partial charge on any atom is 0.256 e. The van der Waals surface area contributed by atoms with E-state index in [1.165, 1.54) is 28.5 Å². The number of likely N-dealkylation sites (tertiary alicyclic amines) is 1. The zero-order valence-corrected chi connectivity index (χ0v) is 19.9. The third-order valence-electron chi connectivity index (χ3n) is 6.50. The zero-order valence-electron chi connectivity index (χ0n) is 22.9. The number of amides is 1. The lowest BCUT2D eigenvalue weighted by atomic mass is 10.0. The average molecular weight is 523 g/mol. The van der Waals surface area contributed by atoms with Crippen molar-refractivity contribution >= 4 is 28.4 Å². The summed E-state index contributed by atoms with van der Waals surface area (Å²) in [7, 11) is -2.98. The number of aromatic nitrogens is 5. The van der Waals surface area contributed by atoms with Crippen molar-refractivity contribution in [2.75, 3.05) is 25.4 Å². The molecule has 0 bridgehead atoms. The summed E-state index contributed by atoms with van der Waals surface area (Å²) in [4.78, 5) is 21.4. The highest BCUT2D eigenvalue weighted by Gasteiger charge is 2.31. The Labute approximate surface area is 213 Å². The Morgan fingerprint density at radius 2 is 2.16 bits per heavy atom. The third kappa shape index (κ3) is 4.53. The molecule has 0 radical (unpaired) electrons. The van der Waals surface area contributed by atoms with Gasteiger partial charge in [0, 0.05) is 13.5 Å². The topological polar surface area (TPSA) is 89.6 Å². The minimum Gasteiger partial charge on any atom is -0.479 e. The smallest absolute Gasteiger partial charge is 0.256 e. The molecule has 5 rings (SSSR count). The molecular formula is C24H25F4N7O2. The lowest BCUT2D eigenvalue weighted by Gasteiger charge is -2.34. The van der Waals surface area contributed by atoms with Gasteiger partial charge in [-0.1, -0.05) is 6.07 Å². The van der Waals surface area contributed by atoms with Crippen molar-refractivity contribution in [2.24, 2.45) is 0 Å². The van der Waals surface area contributed by atoms with Crippen LogP contribution in [0.15, 0.2) is 24.4 Å². The number of piperidine rings is 1. The molecule has 0 aliphatic carbocycles. The van der Waals surface area contributed by atoms with E-state index in [2.05, 4.69) is 20.4 Å². The molecule has 1 saturated heterocycles. The number of alkyl halides is 3. The van der Waals surface area contributed by atoms with Crippen molar-refractivity contribution in [1.82, 2.24) is 29.0 Å². The Balaban J connectivity index is 1.59. The summed E-state index contributed by atoms with van der Waals surface area (Å²) in [6.07, 6.45) is -2.89. The molecule has 4 heterocycles. The van der Waals surface area contributed by atoms with Crippen LogP contribution in [0.2, 0.25) is 0 Å². The highest BCUT2D eigenvalue weighted by molar-refractivity contribution is 5.90. The third-order valence-corrected chi connectivity index (χ3v) is 6.50. The van der Waals surface area contributed by atoms with Crippen LogP contribution in [0.4, 0.5) is 23.5 Å². The summed E-state index contributed by atoms with van der Waals surface area (Å²) >= 11 is 0. The molecule has 0 spiro atoms. The standard InChI is InChI=1S/C24H25F4N7O2/c1-12-29-18-5-4-14(8-19(18)34(12)11-20(27)28)21-16(26)10-35-22(21)23(37-3)31-24(32-35)30-17-6-7-33(13(2)36)9-15(17)25/h4-5,8,10,15,17,20H,6-7,9,11H2,1-3H3,(H,30,32)/t15-,17+/m1/s1/i3D3. The van der Waals surface area contributed by atoms with E-state index in [1.807, 2.05) is 0 Å². The summed E-state index contributed by atoms with van der Waals surface area (Å²) in [6.45, 7) is 2.46. The lowest BCUT2D eigenvalue weighted by molar-refractivity contribution is -0.131. The van der Waals surface area contributed by atoms with Gasteiger partial charge in [-0.2, -0.15) is 4.98 Å².